The fraction of sp³-hybridized carbons (Fsp3) is 0.118. The van der Waals surface area contributed by atoms with E-state index in [0.717, 1.165) is 16.7 Å². The minimum Gasteiger partial charge on any atom is -0.458 e. The van der Waals surface area contributed by atoms with Crippen LogP contribution in [0.5, 0.6) is 0 Å². The predicted molar refractivity (Wildman–Crippen MR) is 90.6 cm³/mol. The van der Waals surface area contributed by atoms with Gasteiger partial charge in [0.2, 0.25) is 11.7 Å². The van der Waals surface area contributed by atoms with Crippen LogP contribution in [-0.2, 0) is 11.3 Å². The molecule has 0 bridgehead atoms. The molecule has 1 amide bonds. The van der Waals surface area contributed by atoms with E-state index in [1.54, 1.807) is 12.3 Å². The molecule has 0 unspecified atom stereocenters. The molecule has 0 radical (unpaired) electrons. The van der Waals surface area contributed by atoms with E-state index in [2.05, 4.69) is 25.7 Å². The van der Waals surface area contributed by atoms with Crippen molar-refractivity contribution in [3.8, 4) is 11.6 Å². The molecule has 1 N–H and O–H groups in total. The fourth-order valence-electron chi connectivity index (χ4n) is 2.43. The highest BCUT2D eigenvalue weighted by atomic mass is 16.3. The van der Waals surface area contributed by atoms with Gasteiger partial charge in [-0.05, 0) is 36.4 Å². The number of carbonyl (C=O) groups is 1. The van der Waals surface area contributed by atoms with Crippen LogP contribution in [0.15, 0.2) is 53.1 Å². The fourth-order valence-corrected chi connectivity index (χ4v) is 2.43. The minimum atomic E-state index is -0.267. The number of nitrogens with zero attached hydrogens (tertiary/aromatic N) is 5. The topological polar surface area (TPSA) is 98.7 Å². The number of benzene rings is 1. The lowest BCUT2D eigenvalue weighted by Gasteiger charge is -2.05. The third-order valence-corrected chi connectivity index (χ3v) is 3.57. The van der Waals surface area contributed by atoms with Gasteiger partial charge in [0.15, 0.2) is 5.76 Å². The van der Waals surface area contributed by atoms with Gasteiger partial charge in [-0.2, -0.15) is 4.80 Å². The van der Waals surface area contributed by atoms with Gasteiger partial charge in [0.05, 0.1) is 17.4 Å². The highest BCUT2D eigenvalue weighted by Crippen LogP contribution is 2.17. The molecular formula is C17H14N6O2. The zero-order valence-electron chi connectivity index (χ0n) is 13.4. The van der Waals surface area contributed by atoms with E-state index < -0.39 is 0 Å². The molecule has 3 heterocycles. The first-order valence-corrected chi connectivity index (χ1v) is 7.67. The summed E-state index contributed by atoms with van der Waals surface area (Å²) in [6, 6.07) is 13.1. The van der Waals surface area contributed by atoms with Crippen molar-refractivity contribution in [2.45, 2.75) is 13.5 Å². The number of furan rings is 1. The molecule has 4 rings (SSSR count). The van der Waals surface area contributed by atoms with Gasteiger partial charge in [-0.15, -0.1) is 10.2 Å². The van der Waals surface area contributed by atoms with Gasteiger partial charge < -0.3 is 9.73 Å². The molecule has 0 fully saturated rings. The second kappa shape index (κ2) is 6.16. The summed E-state index contributed by atoms with van der Waals surface area (Å²) in [5.74, 6) is 1.35. The molecule has 124 valence electrons. The lowest BCUT2D eigenvalue weighted by Crippen LogP contribution is -2.20. The molecule has 3 aromatic heterocycles. The third kappa shape index (κ3) is 3.23. The van der Waals surface area contributed by atoms with Gasteiger partial charge in [0, 0.05) is 5.39 Å². The van der Waals surface area contributed by atoms with Crippen LogP contribution in [-0.4, -0.2) is 31.1 Å². The average Bonchev–Trinajstić information content (AvgIpc) is 3.23. The summed E-state index contributed by atoms with van der Waals surface area (Å²) in [5.41, 5.74) is 1.49. The van der Waals surface area contributed by atoms with Crippen LogP contribution in [0.2, 0.25) is 0 Å². The van der Waals surface area contributed by atoms with Crippen LogP contribution in [0.1, 0.15) is 5.76 Å². The SMILES string of the molecule is Cc1ccc(-c2nnn(CC(=O)Nc3cnc4ccccc4c3)n2)o1. The van der Waals surface area contributed by atoms with Crippen LogP contribution in [0.4, 0.5) is 5.69 Å². The second-order valence-corrected chi connectivity index (χ2v) is 5.52. The van der Waals surface area contributed by atoms with Crippen molar-refractivity contribution in [1.29, 1.82) is 0 Å². The monoisotopic (exact) mass is 334 g/mol. The number of para-hydroxylation sites is 1. The Morgan fingerprint density at radius 2 is 2.12 bits per heavy atom. The van der Waals surface area contributed by atoms with E-state index >= 15 is 0 Å². The summed E-state index contributed by atoms with van der Waals surface area (Å²) in [4.78, 5) is 17.7. The van der Waals surface area contributed by atoms with Crippen molar-refractivity contribution in [2.75, 3.05) is 5.32 Å². The highest BCUT2D eigenvalue weighted by molar-refractivity contribution is 5.92. The maximum atomic E-state index is 12.2. The number of hydrogen-bond donors (Lipinski definition) is 1. The van der Waals surface area contributed by atoms with Crippen LogP contribution in [0.25, 0.3) is 22.5 Å². The maximum Gasteiger partial charge on any atom is 0.248 e. The van der Waals surface area contributed by atoms with E-state index in [1.807, 2.05) is 43.3 Å². The molecule has 0 atom stereocenters. The quantitative estimate of drug-likeness (QED) is 0.615. The maximum absolute atomic E-state index is 12.2. The van der Waals surface area contributed by atoms with Crippen LogP contribution < -0.4 is 5.32 Å². The van der Waals surface area contributed by atoms with Crippen LogP contribution in [0, 0.1) is 6.92 Å². The van der Waals surface area contributed by atoms with Crippen molar-refractivity contribution in [1.82, 2.24) is 25.2 Å². The minimum absolute atomic E-state index is 0.0560. The van der Waals surface area contributed by atoms with E-state index in [1.165, 1.54) is 4.80 Å². The number of tetrazole rings is 1. The molecule has 0 saturated carbocycles. The number of carbonyl (C=O) groups excluding carboxylic acids is 1. The van der Waals surface area contributed by atoms with E-state index in [4.69, 9.17) is 4.42 Å². The Hall–Kier alpha value is -3.55. The number of hydrogen-bond acceptors (Lipinski definition) is 6. The van der Waals surface area contributed by atoms with Gasteiger partial charge in [-0.25, -0.2) is 0 Å². The molecule has 0 aliphatic carbocycles. The predicted octanol–water partition coefficient (Wildman–Crippen LogP) is 2.43. The zero-order valence-corrected chi connectivity index (χ0v) is 13.4. The first-order valence-electron chi connectivity index (χ1n) is 7.67. The Bertz CT molecular complexity index is 1050. The number of rotatable bonds is 4. The molecule has 0 aliphatic heterocycles. The summed E-state index contributed by atoms with van der Waals surface area (Å²) in [5, 5.41) is 15.7. The smallest absolute Gasteiger partial charge is 0.248 e. The van der Waals surface area contributed by atoms with E-state index in [0.29, 0.717) is 17.3 Å². The molecule has 25 heavy (non-hydrogen) atoms. The Kier molecular flexibility index (Phi) is 3.70. The first kappa shape index (κ1) is 15.0. The second-order valence-electron chi connectivity index (χ2n) is 5.52. The molecule has 0 spiro atoms. The molecular weight excluding hydrogens is 320 g/mol. The van der Waals surface area contributed by atoms with E-state index in [-0.39, 0.29) is 12.5 Å². The van der Waals surface area contributed by atoms with Crippen LogP contribution in [0.3, 0.4) is 0 Å². The Balaban J connectivity index is 1.45. The van der Waals surface area contributed by atoms with Crippen molar-refractivity contribution < 1.29 is 9.21 Å². The number of nitrogens with one attached hydrogen (secondary N) is 1. The molecule has 0 saturated heterocycles. The van der Waals surface area contributed by atoms with Gasteiger partial charge in [0.1, 0.15) is 12.3 Å². The van der Waals surface area contributed by atoms with Crippen molar-refractivity contribution in [2.24, 2.45) is 0 Å². The normalized spacial score (nSPS) is 10.9. The Morgan fingerprint density at radius 1 is 1.24 bits per heavy atom. The summed E-state index contributed by atoms with van der Waals surface area (Å²) >= 11 is 0. The summed E-state index contributed by atoms with van der Waals surface area (Å²) in [6.45, 7) is 1.78. The molecule has 1 aromatic carbocycles. The van der Waals surface area contributed by atoms with Gasteiger partial charge in [-0.3, -0.25) is 9.78 Å². The number of pyridine rings is 1. The Morgan fingerprint density at radius 3 is 2.96 bits per heavy atom. The third-order valence-electron chi connectivity index (χ3n) is 3.57. The van der Waals surface area contributed by atoms with Crippen molar-refractivity contribution >= 4 is 22.5 Å². The number of fused-ring (bicyclic) bond motifs is 1. The summed E-state index contributed by atoms with van der Waals surface area (Å²) < 4.78 is 5.44. The van der Waals surface area contributed by atoms with Crippen LogP contribution >= 0.6 is 0 Å². The number of aryl methyl sites for hydroxylation is 1. The lowest BCUT2D eigenvalue weighted by molar-refractivity contribution is -0.117. The standard InChI is InChI=1S/C17H14N6O2/c1-11-6-7-15(25-11)17-20-22-23(21-17)10-16(24)19-13-8-12-4-2-3-5-14(12)18-9-13/h2-9H,10H2,1H3,(H,19,24). The number of aromatic nitrogens is 5. The first-order chi connectivity index (χ1) is 12.2. The number of anilines is 1. The van der Waals surface area contributed by atoms with Gasteiger partial charge in [-0.1, -0.05) is 18.2 Å². The molecule has 0 aliphatic rings. The molecule has 8 nitrogen and oxygen atoms in total. The van der Waals surface area contributed by atoms with Crippen molar-refractivity contribution in [3.63, 3.8) is 0 Å². The lowest BCUT2D eigenvalue weighted by atomic mass is 10.2. The zero-order chi connectivity index (χ0) is 17.2. The average molecular weight is 334 g/mol. The highest BCUT2D eigenvalue weighted by Gasteiger charge is 2.12. The summed E-state index contributed by atoms with van der Waals surface area (Å²) in [7, 11) is 0. The molecule has 8 heteroatoms. The number of amides is 1. The van der Waals surface area contributed by atoms with Gasteiger partial charge >= 0.3 is 0 Å². The van der Waals surface area contributed by atoms with E-state index in [9.17, 15) is 4.79 Å². The Labute approximate surface area is 142 Å². The molecule has 4 aromatic rings. The van der Waals surface area contributed by atoms with Gasteiger partial charge in [0.25, 0.3) is 0 Å². The summed E-state index contributed by atoms with van der Waals surface area (Å²) in [6.07, 6.45) is 1.62. The van der Waals surface area contributed by atoms with Crippen molar-refractivity contribution in [3.05, 3.63) is 54.4 Å². The largest absolute Gasteiger partial charge is 0.458 e.